The van der Waals surface area contributed by atoms with E-state index in [4.69, 9.17) is 10.2 Å². The highest BCUT2D eigenvalue weighted by molar-refractivity contribution is 7.89. The van der Waals surface area contributed by atoms with E-state index in [2.05, 4.69) is 4.72 Å². The van der Waals surface area contributed by atoms with Gasteiger partial charge in [-0.15, -0.1) is 0 Å². The lowest BCUT2D eigenvalue weighted by atomic mass is 10.0. The summed E-state index contributed by atoms with van der Waals surface area (Å²) in [4.78, 5) is 11.0. The van der Waals surface area contributed by atoms with Crippen LogP contribution in [0.2, 0.25) is 0 Å². The second kappa shape index (κ2) is 5.78. The fraction of sp³-hybridized carbons (Fsp3) is 0.615. The summed E-state index contributed by atoms with van der Waals surface area (Å²) in [5.41, 5.74) is -0.181. The summed E-state index contributed by atoms with van der Waals surface area (Å²) in [7, 11) is -3.73. The fourth-order valence-electron chi connectivity index (χ4n) is 2.33. The Morgan fingerprint density at radius 3 is 2.57 bits per heavy atom. The third-order valence-corrected chi connectivity index (χ3v) is 5.35. The number of aliphatic hydroxyl groups excluding tert-OH is 1. The molecule has 0 aromatic carbocycles. The Balaban J connectivity index is 2.14. The molecule has 1 aliphatic carbocycles. The second-order valence-electron chi connectivity index (χ2n) is 5.45. The van der Waals surface area contributed by atoms with Crippen molar-refractivity contribution in [1.29, 1.82) is 0 Å². The van der Waals surface area contributed by atoms with Crippen molar-refractivity contribution in [2.75, 3.05) is 13.2 Å². The average Bonchev–Trinajstić information content (AvgIpc) is 3.03. The maximum atomic E-state index is 12.2. The summed E-state index contributed by atoms with van der Waals surface area (Å²) in [6.45, 7) is 2.44. The smallest absolute Gasteiger partial charge is 0.352 e. The third-order valence-electron chi connectivity index (χ3n) is 3.98. The van der Waals surface area contributed by atoms with Crippen molar-refractivity contribution < 1.29 is 23.4 Å². The van der Waals surface area contributed by atoms with Gasteiger partial charge in [-0.3, -0.25) is 0 Å². The van der Waals surface area contributed by atoms with Gasteiger partial charge in [-0.05, 0) is 37.7 Å². The number of hydrogen-bond acceptors (Lipinski definition) is 4. The van der Waals surface area contributed by atoms with E-state index >= 15 is 0 Å². The van der Waals surface area contributed by atoms with Crippen LogP contribution in [0.3, 0.4) is 0 Å². The van der Waals surface area contributed by atoms with Crippen LogP contribution in [-0.4, -0.2) is 42.3 Å². The Morgan fingerprint density at radius 1 is 1.48 bits per heavy atom. The highest BCUT2D eigenvalue weighted by atomic mass is 32.2. The summed E-state index contributed by atoms with van der Waals surface area (Å²) in [5.74, 6) is -1.16. The van der Waals surface area contributed by atoms with Crippen LogP contribution >= 0.6 is 0 Å². The molecule has 1 fully saturated rings. The van der Waals surface area contributed by atoms with Gasteiger partial charge in [0.2, 0.25) is 10.0 Å². The van der Waals surface area contributed by atoms with Crippen LogP contribution in [0, 0.1) is 5.41 Å². The maximum Gasteiger partial charge on any atom is 0.352 e. The van der Waals surface area contributed by atoms with Crippen LogP contribution in [0.15, 0.2) is 17.2 Å². The molecule has 1 aromatic heterocycles. The fourth-order valence-corrected chi connectivity index (χ4v) is 3.53. The Morgan fingerprint density at radius 2 is 2.14 bits per heavy atom. The predicted molar refractivity (Wildman–Crippen MR) is 75.6 cm³/mol. The first-order valence-corrected chi connectivity index (χ1v) is 8.36. The van der Waals surface area contributed by atoms with Crippen molar-refractivity contribution in [2.45, 2.75) is 37.6 Å². The van der Waals surface area contributed by atoms with Crippen molar-refractivity contribution in [2.24, 2.45) is 5.41 Å². The molecule has 2 rings (SSSR count). The van der Waals surface area contributed by atoms with Gasteiger partial charge >= 0.3 is 5.97 Å². The molecule has 1 heterocycles. The summed E-state index contributed by atoms with van der Waals surface area (Å²) in [5, 5.41) is 18.0. The number of carboxylic acids is 1. The second-order valence-corrected chi connectivity index (χ2v) is 7.22. The third kappa shape index (κ3) is 3.45. The molecule has 0 amide bonds. The van der Waals surface area contributed by atoms with E-state index in [9.17, 15) is 13.2 Å². The van der Waals surface area contributed by atoms with Gasteiger partial charge in [0.15, 0.2) is 0 Å². The van der Waals surface area contributed by atoms with Crippen LogP contribution in [0.1, 0.15) is 36.7 Å². The number of aliphatic hydroxyl groups is 1. The Labute approximate surface area is 123 Å². The average molecular weight is 316 g/mol. The lowest BCUT2D eigenvalue weighted by Gasteiger charge is -2.14. The summed E-state index contributed by atoms with van der Waals surface area (Å²) < 4.78 is 28.4. The number of aromatic nitrogens is 1. The highest BCUT2D eigenvalue weighted by Crippen LogP contribution is 2.48. The van der Waals surface area contributed by atoms with Crippen LogP contribution in [0.5, 0.6) is 0 Å². The van der Waals surface area contributed by atoms with Crippen LogP contribution in [-0.2, 0) is 16.6 Å². The summed E-state index contributed by atoms with van der Waals surface area (Å²) >= 11 is 0. The van der Waals surface area contributed by atoms with Gasteiger partial charge in [-0.1, -0.05) is 0 Å². The first-order valence-electron chi connectivity index (χ1n) is 6.87. The van der Waals surface area contributed by atoms with Crippen LogP contribution in [0.4, 0.5) is 0 Å². The monoisotopic (exact) mass is 316 g/mol. The minimum atomic E-state index is -3.73. The van der Waals surface area contributed by atoms with Crippen LogP contribution in [0.25, 0.3) is 0 Å². The standard InChI is InChI=1S/C13H20N2O5S/c1-2-15-8-10(7-11(15)12(17)18)21(19,20)14-9-13(3-4-13)5-6-16/h7-8,14,16H,2-6,9H2,1H3,(H,17,18). The van der Waals surface area contributed by atoms with Crippen molar-refractivity contribution in [1.82, 2.24) is 9.29 Å². The Hall–Kier alpha value is -1.38. The Bertz CT molecular complexity index is 631. The molecule has 118 valence electrons. The van der Waals surface area contributed by atoms with Crippen molar-refractivity contribution in [3.05, 3.63) is 18.0 Å². The number of nitrogens with zero attached hydrogens (tertiary/aromatic N) is 1. The topological polar surface area (TPSA) is 109 Å². The van der Waals surface area contributed by atoms with Gasteiger partial charge in [-0.2, -0.15) is 0 Å². The first kappa shape index (κ1) is 16.0. The summed E-state index contributed by atoms with van der Waals surface area (Å²) in [6, 6.07) is 1.17. The minimum Gasteiger partial charge on any atom is -0.477 e. The Kier molecular flexibility index (Phi) is 4.40. The molecule has 7 nitrogen and oxygen atoms in total. The van der Waals surface area contributed by atoms with Crippen molar-refractivity contribution in [3.8, 4) is 0 Å². The number of rotatable bonds is 8. The number of nitrogens with one attached hydrogen (secondary N) is 1. The van der Waals surface area contributed by atoms with E-state index in [-0.39, 0.29) is 29.2 Å². The molecule has 1 saturated carbocycles. The quantitative estimate of drug-likeness (QED) is 0.652. The predicted octanol–water partition coefficient (Wildman–Crippen LogP) is 0.647. The zero-order valence-corrected chi connectivity index (χ0v) is 12.7. The molecule has 0 atom stereocenters. The molecule has 0 unspecified atom stereocenters. The van der Waals surface area contributed by atoms with E-state index in [0.29, 0.717) is 13.0 Å². The molecule has 0 saturated heterocycles. The zero-order chi connectivity index (χ0) is 15.7. The van der Waals surface area contributed by atoms with Gasteiger partial charge in [-0.25, -0.2) is 17.9 Å². The highest BCUT2D eigenvalue weighted by Gasteiger charge is 2.42. The number of carboxylic acid groups (broad SMARTS) is 1. The molecular formula is C13H20N2O5S. The molecule has 0 spiro atoms. The minimum absolute atomic E-state index is 0.0388. The van der Waals surface area contributed by atoms with Gasteiger partial charge < -0.3 is 14.8 Å². The molecule has 0 aliphatic heterocycles. The van der Waals surface area contributed by atoms with Crippen molar-refractivity contribution in [3.63, 3.8) is 0 Å². The van der Waals surface area contributed by atoms with Crippen molar-refractivity contribution >= 4 is 16.0 Å². The molecule has 1 aromatic rings. The lowest BCUT2D eigenvalue weighted by Crippen LogP contribution is -2.30. The number of aryl methyl sites for hydroxylation is 1. The number of sulfonamides is 1. The van der Waals surface area contributed by atoms with Crippen LogP contribution < -0.4 is 4.72 Å². The van der Waals surface area contributed by atoms with E-state index in [1.807, 2.05) is 0 Å². The molecule has 21 heavy (non-hydrogen) atoms. The molecule has 0 bridgehead atoms. The normalized spacial score (nSPS) is 16.9. The van der Waals surface area contributed by atoms with Gasteiger partial charge in [0, 0.05) is 25.9 Å². The first-order chi connectivity index (χ1) is 9.83. The van der Waals surface area contributed by atoms with E-state index < -0.39 is 16.0 Å². The molecule has 3 N–H and O–H groups in total. The van der Waals surface area contributed by atoms with Gasteiger partial charge in [0.1, 0.15) is 10.6 Å². The number of hydrogen-bond donors (Lipinski definition) is 3. The largest absolute Gasteiger partial charge is 0.477 e. The van der Waals surface area contributed by atoms with E-state index in [0.717, 1.165) is 12.8 Å². The van der Waals surface area contributed by atoms with Gasteiger partial charge in [0.25, 0.3) is 0 Å². The molecule has 0 radical (unpaired) electrons. The molecule has 1 aliphatic rings. The molecule has 8 heteroatoms. The zero-order valence-electron chi connectivity index (χ0n) is 11.9. The molecular weight excluding hydrogens is 296 g/mol. The number of carbonyl (C=O) groups is 1. The maximum absolute atomic E-state index is 12.2. The van der Waals surface area contributed by atoms with E-state index in [1.54, 1.807) is 6.92 Å². The van der Waals surface area contributed by atoms with E-state index in [1.165, 1.54) is 16.8 Å². The number of aromatic carboxylic acids is 1. The summed E-state index contributed by atoms with van der Waals surface area (Å²) in [6.07, 6.45) is 3.70. The SMILES string of the molecule is CCn1cc(S(=O)(=O)NCC2(CCO)CC2)cc1C(=O)O. The van der Waals surface area contributed by atoms with Gasteiger partial charge in [0.05, 0.1) is 0 Å². The lowest BCUT2D eigenvalue weighted by molar-refractivity contribution is 0.0685.